The Balaban J connectivity index is 1.98. The van der Waals surface area contributed by atoms with Crippen molar-refractivity contribution in [2.75, 3.05) is 6.26 Å². The van der Waals surface area contributed by atoms with Crippen molar-refractivity contribution in [1.29, 1.82) is 0 Å². The SMILES string of the molecule is C=Cc1cc(CNC(=O)C=Cc2ccc(C(C)(C)C)nc2)ccc1[AsH]S(C)(=O)=O. The fourth-order valence-corrected chi connectivity index (χ4v) is 7.36. The van der Waals surface area contributed by atoms with Gasteiger partial charge in [-0.1, -0.05) is 20.8 Å². The molecule has 154 valence electrons. The molecule has 1 aromatic carbocycles. The Hall–Kier alpha value is -2.17. The van der Waals surface area contributed by atoms with Gasteiger partial charge in [0.1, 0.15) is 0 Å². The van der Waals surface area contributed by atoms with Crippen molar-refractivity contribution in [2.24, 2.45) is 0 Å². The summed E-state index contributed by atoms with van der Waals surface area (Å²) in [5.41, 5.74) is 3.54. The molecule has 0 radical (unpaired) electrons. The molecule has 29 heavy (non-hydrogen) atoms. The van der Waals surface area contributed by atoms with E-state index in [1.54, 1.807) is 18.3 Å². The molecule has 1 amide bonds. The second-order valence-electron chi connectivity index (χ2n) is 7.78. The fraction of sp³-hybridized carbons (Fsp3) is 0.273. The Labute approximate surface area is 178 Å². The Bertz CT molecular complexity index is 1020. The predicted molar refractivity (Wildman–Crippen MR) is 122 cm³/mol. The van der Waals surface area contributed by atoms with E-state index in [4.69, 9.17) is 0 Å². The van der Waals surface area contributed by atoms with Crippen molar-refractivity contribution >= 4 is 45.1 Å². The Morgan fingerprint density at radius 1 is 1.24 bits per heavy atom. The number of carbonyl (C=O) groups excluding carboxylic acids is 1. The van der Waals surface area contributed by atoms with Crippen LogP contribution < -0.4 is 9.67 Å². The maximum absolute atomic E-state index is 12.1. The van der Waals surface area contributed by atoms with Crippen LogP contribution in [0.25, 0.3) is 12.2 Å². The van der Waals surface area contributed by atoms with E-state index >= 15 is 0 Å². The molecule has 1 heterocycles. The summed E-state index contributed by atoms with van der Waals surface area (Å²) in [7, 11) is -3.00. The average molecular weight is 474 g/mol. The molecule has 0 bridgehead atoms. The van der Waals surface area contributed by atoms with Crippen LogP contribution in [0.15, 0.2) is 49.2 Å². The zero-order chi connectivity index (χ0) is 21.7. The third-order valence-electron chi connectivity index (χ3n) is 4.08. The quantitative estimate of drug-likeness (QED) is 0.494. The minimum absolute atomic E-state index is 0.0109. The van der Waals surface area contributed by atoms with Gasteiger partial charge in [0.2, 0.25) is 0 Å². The number of nitrogens with zero attached hydrogens (tertiary/aromatic N) is 1. The van der Waals surface area contributed by atoms with E-state index in [0.29, 0.717) is 6.54 Å². The summed E-state index contributed by atoms with van der Waals surface area (Å²) in [6, 6.07) is 9.44. The van der Waals surface area contributed by atoms with E-state index in [0.717, 1.165) is 26.7 Å². The third kappa shape index (κ3) is 7.63. The molecule has 1 N–H and O–H groups in total. The molecular weight excluding hydrogens is 447 g/mol. The summed E-state index contributed by atoms with van der Waals surface area (Å²) in [6.07, 6.45) is 7.87. The van der Waals surface area contributed by atoms with Crippen LogP contribution in [0.2, 0.25) is 0 Å². The first kappa shape index (κ1) is 23.1. The number of carbonyl (C=O) groups is 1. The first-order valence-corrected chi connectivity index (χ1v) is 14.6. The van der Waals surface area contributed by atoms with E-state index in [2.05, 4.69) is 37.7 Å². The zero-order valence-electron chi connectivity index (χ0n) is 17.2. The van der Waals surface area contributed by atoms with Crippen molar-refractivity contribution in [2.45, 2.75) is 32.7 Å². The van der Waals surface area contributed by atoms with Gasteiger partial charge in [-0.05, 0) is 0 Å². The summed E-state index contributed by atoms with van der Waals surface area (Å²) in [5, 5.41) is 2.84. The molecule has 1 unspecified atom stereocenters. The molecule has 0 fully saturated rings. The van der Waals surface area contributed by atoms with Crippen molar-refractivity contribution in [1.82, 2.24) is 10.3 Å². The van der Waals surface area contributed by atoms with E-state index < -0.39 is 22.7 Å². The van der Waals surface area contributed by atoms with Gasteiger partial charge in [-0.2, -0.15) is 0 Å². The van der Waals surface area contributed by atoms with Gasteiger partial charge in [0.15, 0.2) is 0 Å². The molecule has 7 heteroatoms. The van der Waals surface area contributed by atoms with Crippen molar-refractivity contribution in [3.63, 3.8) is 0 Å². The summed E-state index contributed by atoms with van der Waals surface area (Å²) in [4.78, 5) is 16.6. The van der Waals surface area contributed by atoms with Gasteiger partial charge >= 0.3 is 147 Å². The molecule has 0 saturated carbocycles. The molecule has 1 aromatic heterocycles. The van der Waals surface area contributed by atoms with Crippen LogP contribution in [-0.4, -0.2) is 40.2 Å². The number of aromatic nitrogens is 1. The maximum atomic E-state index is 12.1. The van der Waals surface area contributed by atoms with Crippen LogP contribution in [0.1, 0.15) is 43.2 Å². The van der Waals surface area contributed by atoms with Gasteiger partial charge in [-0.25, -0.2) is 0 Å². The molecule has 0 saturated heterocycles. The summed E-state index contributed by atoms with van der Waals surface area (Å²) >= 11 is -1.27. The van der Waals surface area contributed by atoms with Gasteiger partial charge in [0.05, 0.1) is 0 Å². The van der Waals surface area contributed by atoms with Crippen molar-refractivity contribution < 1.29 is 13.2 Å². The zero-order valence-corrected chi connectivity index (χ0v) is 20.1. The Morgan fingerprint density at radius 3 is 2.52 bits per heavy atom. The molecule has 1 atom stereocenters. The van der Waals surface area contributed by atoms with Crippen LogP contribution in [-0.2, 0) is 24.9 Å². The monoisotopic (exact) mass is 474 g/mol. The van der Waals surface area contributed by atoms with Gasteiger partial charge in [0, 0.05) is 11.1 Å². The van der Waals surface area contributed by atoms with Crippen LogP contribution in [0.3, 0.4) is 0 Å². The van der Waals surface area contributed by atoms with E-state index in [1.807, 2.05) is 30.3 Å². The van der Waals surface area contributed by atoms with Crippen LogP contribution in [0.5, 0.6) is 0 Å². The molecule has 0 aliphatic rings. The second-order valence-corrected chi connectivity index (χ2v) is 16.6. The molecule has 2 aromatic rings. The number of rotatable bonds is 7. The molecule has 2 rings (SSSR count). The molecule has 0 aliphatic carbocycles. The summed E-state index contributed by atoms with van der Waals surface area (Å²) in [6.45, 7) is 10.4. The van der Waals surface area contributed by atoms with Crippen LogP contribution >= 0.6 is 0 Å². The molecular formula is C22H27AsN2O3S. The van der Waals surface area contributed by atoms with Crippen LogP contribution in [0.4, 0.5) is 0 Å². The van der Waals surface area contributed by atoms with Gasteiger partial charge < -0.3 is 0 Å². The second kappa shape index (κ2) is 9.55. The van der Waals surface area contributed by atoms with Crippen LogP contribution in [0, 0.1) is 0 Å². The number of benzene rings is 1. The number of amides is 1. The normalized spacial score (nSPS) is 12.6. The number of nitrogens with one attached hydrogen (secondary N) is 1. The minimum atomic E-state index is -3.00. The topological polar surface area (TPSA) is 76.1 Å². The average Bonchev–Trinajstić information content (AvgIpc) is 2.64. The van der Waals surface area contributed by atoms with Crippen molar-refractivity contribution in [3.05, 3.63) is 71.6 Å². The first-order valence-electron chi connectivity index (χ1n) is 9.13. The predicted octanol–water partition coefficient (Wildman–Crippen LogP) is 2.37. The molecule has 5 nitrogen and oxygen atoms in total. The summed E-state index contributed by atoms with van der Waals surface area (Å²) < 4.78 is 24.0. The van der Waals surface area contributed by atoms with E-state index in [1.165, 1.54) is 12.3 Å². The van der Waals surface area contributed by atoms with Gasteiger partial charge in [-0.3, -0.25) is 0 Å². The van der Waals surface area contributed by atoms with Gasteiger partial charge in [-0.15, -0.1) is 0 Å². The standard InChI is InChI=1S/C22H27AsN2O3S/c1-6-18-13-17(7-10-19(18)23-29(5,27)28)15-25-21(26)12-9-16-8-11-20(24-14-16)22(2,3)4/h6-14,23H,1,15H2,2-5H3,(H,25,26). The molecule has 0 spiro atoms. The van der Waals surface area contributed by atoms with E-state index in [-0.39, 0.29) is 11.3 Å². The number of hydrogen-bond acceptors (Lipinski definition) is 4. The van der Waals surface area contributed by atoms with Gasteiger partial charge in [0.25, 0.3) is 0 Å². The Morgan fingerprint density at radius 2 is 1.97 bits per heavy atom. The fourth-order valence-electron chi connectivity index (χ4n) is 2.55. The Kier molecular flexibility index (Phi) is 7.61. The number of pyridine rings is 1. The summed E-state index contributed by atoms with van der Waals surface area (Å²) in [5.74, 6) is -0.210. The third-order valence-corrected chi connectivity index (χ3v) is 9.34. The van der Waals surface area contributed by atoms with E-state index in [9.17, 15) is 13.2 Å². The molecule has 0 aliphatic heterocycles. The first-order chi connectivity index (χ1) is 13.5. The number of hydrogen-bond donors (Lipinski definition) is 1. The van der Waals surface area contributed by atoms with Crippen molar-refractivity contribution in [3.8, 4) is 0 Å².